The smallest absolute Gasteiger partial charge is 0.338 e. The molecule has 0 saturated carbocycles. The maximum Gasteiger partial charge on any atom is 0.338 e. The van der Waals surface area contributed by atoms with E-state index in [1.165, 1.54) is 18.2 Å². The number of rotatable bonds is 8. The Bertz CT molecular complexity index is 1010. The fourth-order valence-electron chi connectivity index (χ4n) is 2.66. The molecule has 30 heavy (non-hydrogen) atoms. The van der Waals surface area contributed by atoms with Gasteiger partial charge >= 0.3 is 5.97 Å². The summed E-state index contributed by atoms with van der Waals surface area (Å²) in [6, 6.07) is 12.0. The van der Waals surface area contributed by atoms with Crippen molar-refractivity contribution in [3.63, 3.8) is 0 Å². The first-order valence-electron chi connectivity index (χ1n) is 9.25. The highest BCUT2D eigenvalue weighted by Crippen LogP contribution is 2.12. The molecule has 2 amide bonds. The molecule has 156 valence electrons. The molecule has 0 unspecified atom stereocenters. The highest BCUT2D eigenvalue weighted by atomic mass is 16.5. The van der Waals surface area contributed by atoms with Crippen LogP contribution in [0.15, 0.2) is 59.3 Å². The zero-order valence-electron chi connectivity index (χ0n) is 16.7. The molecule has 3 rings (SSSR count). The Morgan fingerprint density at radius 3 is 2.57 bits per heavy atom. The number of esters is 1. The van der Waals surface area contributed by atoms with E-state index in [1.54, 1.807) is 47.3 Å². The lowest BCUT2D eigenvalue weighted by Gasteiger charge is -2.16. The zero-order valence-corrected chi connectivity index (χ0v) is 16.7. The second kappa shape index (κ2) is 9.55. The van der Waals surface area contributed by atoms with E-state index in [-0.39, 0.29) is 19.0 Å². The summed E-state index contributed by atoms with van der Waals surface area (Å²) in [5.74, 6) is -0.846. The van der Waals surface area contributed by atoms with Gasteiger partial charge in [-0.1, -0.05) is 0 Å². The van der Waals surface area contributed by atoms with Crippen LogP contribution in [0.1, 0.15) is 21.8 Å². The molecular formula is C21H22N4O5. The minimum Gasteiger partial charge on any atom is -0.467 e. The standard InChI is InChI=1S/C21H22N4O5/c1-15-9-10-23-25(15)17-7-5-16(6-8-17)21(28)30-14-20(27)24(2)13-19(26)22-12-18-4-3-11-29-18/h3-11H,12-14H2,1-2H3,(H,22,26). The molecule has 2 aromatic heterocycles. The van der Waals surface area contributed by atoms with Crippen molar-refractivity contribution in [1.29, 1.82) is 0 Å². The van der Waals surface area contributed by atoms with E-state index >= 15 is 0 Å². The van der Waals surface area contributed by atoms with E-state index in [0.717, 1.165) is 11.4 Å². The highest BCUT2D eigenvalue weighted by Gasteiger charge is 2.16. The number of hydrogen-bond donors (Lipinski definition) is 1. The van der Waals surface area contributed by atoms with Crippen LogP contribution in [0, 0.1) is 6.92 Å². The van der Waals surface area contributed by atoms with Crippen molar-refractivity contribution >= 4 is 17.8 Å². The number of amides is 2. The van der Waals surface area contributed by atoms with Gasteiger partial charge in [0.2, 0.25) is 5.91 Å². The van der Waals surface area contributed by atoms with Crippen molar-refractivity contribution in [3.8, 4) is 5.69 Å². The van der Waals surface area contributed by atoms with E-state index in [9.17, 15) is 14.4 Å². The number of aryl methyl sites for hydroxylation is 1. The van der Waals surface area contributed by atoms with Gasteiger partial charge in [-0.2, -0.15) is 5.10 Å². The number of nitrogens with zero attached hydrogens (tertiary/aromatic N) is 3. The number of nitrogens with one attached hydrogen (secondary N) is 1. The van der Waals surface area contributed by atoms with Crippen molar-refractivity contribution < 1.29 is 23.5 Å². The summed E-state index contributed by atoms with van der Waals surface area (Å²) < 4.78 is 11.9. The van der Waals surface area contributed by atoms with E-state index in [0.29, 0.717) is 11.3 Å². The Labute approximate surface area is 173 Å². The maximum atomic E-state index is 12.2. The van der Waals surface area contributed by atoms with Crippen LogP contribution in [0.5, 0.6) is 0 Å². The lowest BCUT2D eigenvalue weighted by molar-refractivity contribution is -0.137. The van der Waals surface area contributed by atoms with Crippen molar-refractivity contribution in [2.75, 3.05) is 20.2 Å². The first-order valence-corrected chi connectivity index (χ1v) is 9.25. The van der Waals surface area contributed by atoms with Gasteiger partial charge in [-0.25, -0.2) is 9.48 Å². The Morgan fingerprint density at radius 2 is 1.93 bits per heavy atom. The first-order chi connectivity index (χ1) is 14.4. The van der Waals surface area contributed by atoms with Crippen LogP contribution in [0.25, 0.3) is 5.69 Å². The average molecular weight is 410 g/mol. The third kappa shape index (κ3) is 5.34. The number of furan rings is 1. The van der Waals surface area contributed by atoms with Crippen molar-refractivity contribution in [1.82, 2.24) is 20.0 Å². The molecule has 9 nitrogen and oxygen atoms in total. The predicted octanol–water partition coefficient (Wildman–Crippen LogP) is 1.71. The van der Waals surface area contributed by atoms with Crippen LogP contribution < -0.4 is 5.32 Å². The zero-order chi connectivity index (χ0) is 21.5. The van der Waals surface area contributed by atoms with Gasteiger partial charge in [0.15, 0.2) is 6.61 Å². The third-order valence-corrected chi connectivity index (χ3v) is 4.35. The van der Waals surface area contributed by atoms with E-state index in [1.807, 2.05) is 13.0 Å². The van der Waals surface area contributed by atoms with Crippen LogP contribution >= 0.6 is 0 Å². The summed E-state index contributed by atoms with van der Waals surface area (Å²) in [6.07, 6.45) is 3.20. The Balaban J connectivity index is 1.44. The molecule has 2 heterocycles. The van der Waals surface area contributed by atoms with Crippen LogP contribution in [0.3, 0.4) is 0 Å². The van der Waals surface area contributed by atoms with Crippen LogP contribution in [-0.4, -0.2) is 52.7 Å². The molecule has 1 N–H and O–H groups in total. The van der Waals surface area contributed by atoms with Gasteiger partial charge < -0.3 is 19.4 Å². The van der Waals surface area contributed by atoms with Crippen molar-refractivity contribution in [2.24, 2.45) is 0 Å². The number of hydrogen-bond acceptors (Lipinski definition) is 6. The molecule has 9 heteroatoms. The summed E-state index contributed by atoms with van der Waals surface area (Å²) >= 11 is 0. The normalized spacial score (nSPS) is 10.5. The van der Waals surface area contributed by atoms with Gasteiger partial charge in [-0.15, -0.1) is 0 Å². The number of carbonyl (C=O) groups is 3. The maximum absolute atomic E-state index is 12.2. The van der Waals surface area contributed by atoms with Gasteiger partial charge in [0.05, 0.1) is 30.6 Å². The van der Waals surface area contributed by atoms with Crippen LogP contribution in [0.2, 0.25) is 0 Å². The molecule has 1 aromatic carbocycles. The quantitative estimate of drug-likeness (QED) is 0.567. The largest absolute Gasteiger partial charge is 0.467 e. The molecule has 0 radical (unpaired) electrons. The van der Waals surface area contributed by atoms with E-state index in [2.05, 4.69) is 10.4 Å². The van der Waals surface area contributed by atoms with Crippen LogP contribution in [-0.2, 0) is 20.9 Å². The number of ether oxygens (including phenoxy) is 1. The Morgan fingerprint density at radius 1 is 1.17 bits per heavy atom. The topological polar surface area (TPSA) is 107 Å². The summed E-state index contributed by atoms with van der Waals surface area (Å²) in [5.41, 5.74) is 2.09. The van der Waals surface area contributed by atoms with Gasteiger partial charge in [0.1, 0.15) is 5.76 Å². The van der Waals surface area contributed by atoms with Gasteiger partial charge in [-0.05, 0) is 49.4 Å². The van der Waals surface area contributed by atoms with Gasteiger partial charge in [-0.3, -0.25) is 9.59 Å². The molecule has 0 saturated heterocycles. The lowest BCUT2D eigenvalue weighted by atomic mass is 10.2. The molecule has 0 aliphatic rings. The second-order valence-corrected chi connectivity index (χ2v) is 6.61. The monoisotopic (exact) mass is 410 g/mol. The minimum atomic E-state index is -0.622. The molecule has 0 fully saturated rings. The molecule has 0 spiro atoms. The molecule has 0 atom stereocenters. The Kier molecular flexibility index (Phi) is 6.63. The Hall–Kier alpha value is -3.88. The molecule has 3 aromatic rings. The average Bonchev–Trinajstić information content (AvgIpc) is 3.42. The number of aromatic nitrogens is 2. The molecule has 0 aliphatic heterocycles. The number of benzene rings is 1. The fraction of sp³-hybridized carbons (Fsp3) is 0.238. The summed E-state index contributed by atoms with van der Waals surface area (Å²) in [7, 11) is 1.46. The molecule has 0 aliphatic carbocycles. The lowest BCUT2D eigenvalue weighted by Crippen LogP contribution is -2.39. The summed E-state index contributed by atoms with van der Waals surface area (Å²) in [5, 5.41) is 6.84. The van der Waals surface area contributed by atoms with E-state index < -0.39 is 18.5 Å². The molecular weight excluding hydrogens is 388 g/mol. The van der Waals surface area contributed by atoms with Gasteiger partial charge in [0, 0.05) is 18.9 Å². The fourth-order valence-corrected chi connectivity index (χ4v) is 2.66. The summed E-state index contributed by atoms with van der Waals surface area (Å²) in [4.78, 5) is 37.4. The van der Waals surface area contributed by atoms with Crippen molar-refractivity contribution in [2.45, 2.75) is 13.5 Å². The first kappa shape index (κ1) is 20.8. The predicted molar refractivity (Wildman–Crippen MR) is 107 cm³/mol. The third-order valence-electron chi connectivity index (χ3n) is 4.35. The minimum absolute atomic E-state index is 0.158. The second-order valence-electron chi connectivity index (χ2n) is 6.61. The molecule has 0 bridgehead atoms. The number of carbonyl (C=O) groups excluding carboxylic acids is 3. The van der Waals surface area contributed by atoms with Gasteiger partial charge in [0.25, 0.3) is 5.91 Å². The SMILES string of the molecule is Cc1ccnn1-c1ccc(C(=O)OCC(=O)N(C)CC(=O)NCc2ccco2)cc1. The van der Waals surface area contributed by atoms with E-state index in [4.69, 9.17) is 9.15 Å². The summed E-state index contributed by atoms with van der Waals surface area (Å²) in [6.45, 7) is 1.54. The number of likely N-dealkylation sites (N-methyl/N-ethyl adjacent to an activating group) is 1. The highest BCUT2D eigenvalue weighted by molar-refractivity contribution is 5.92. The van der Waals surface area contributed by atoms with Crippen molar-refractivity contribution in [3.05, 3.63) is 71.9 Å². The van der Waals surface area contributed by atoms with Crippen LogP contribution in [0.4, 0.5) is 0 Å².